The Bertz CT molecular complexity index is 1420. The van der Waals surface area contributed by atoms with Gasteiger partial charge in [-0.2, -0.15) is 0 Å². The zero-order valence-corrected chi connectivity index (χ0v) is 21.1. The number of carboxylic acids is 1. The number of aliphatic carboxylic acids is 1. The van der Waals surface area contributed by atoms with Gasteiger partial charge in [0.15, 0.2) is 5.76 Å². The molecule has 8 heteroatoms. The Morgan fingerprint density at radius 3 is 2.41 bits per heavy atom. The van der Waals surface area contributed by atoms with Crippen molar-refractivity contribution in [1.29, 1.82) is 0 Å². The van der Waals surface area contributed by atoms with Gasteiger partial charge in [0.1, 0.15) is 23.2 Å². The first-order valence-electron chi connectivity index (χ1n) is 11.8. The predicted molar refractivity (Wildman–Crippen MR) is 140 cm³/mol. The van der Waals surface area contributed by atoms with Crippen LogP contribution in [0, 0.1) is 13.8 Å². The number of methoxy groups -OCH3 is 1. The lowest BCUT2D eigenvalue weighted by Gasteiger charge is -2.16. The number of benzene rings is 3. The molecule has 190 valence electrons. The van der Waals surface area contributed by atoms with Crippen molar-refractivity contribution in [3.8, 4) is 28.2 Å². The van der Waals surface area contributed by atoms with Crippen LogP contribution in [0.2, 0.25) is 0 Å². The summed E-state index contributed by atoms with van der Waals surface area (Å²) in [5.41, 5.74) is 5.89. The van der Waals surface area contributed by atoms with Crippen molar-refractivity contribution in [2.75, 3.05) is 12.4 Å². The Morgan fingerprint density at radius 1 is 1.03 bits per heavy atom. The maximum Gasteiger partial charge on any atom is 0.412 e. The lowest BCUT2D eigenvalue weighted by molar-refractivity contribution is -0.136. The van der Waals surface area contributed by atoms with Crippen molar-refractivity contribution in [2.24, 2.45) is 0 Å². The minimum absolute atomic E-state index is 0.0833. The van der Waals surface area contributed by atoms with E-state index in [-0.39, 0.29) is 6.42 Å². The van der Waals surface area contributed by atoms with Crippen molar-refractivity contribution in [1.82, 2.24) is 5.16 Å². The molecule has 37 heavy (non-hydrogen) atoms. The number of aryl methyl sites for hydroxylation is 2. The van der Waals surface area contributed by atoms with E-state index in [1.807, 2.05) is 62.4 Å². The van der Waals surface area contributed by atoms with Gasteiger partial charge in [-0.05, 0) is 55.2 Å². The zero-order chi connectivity index (χ0) is 26.5. The van der Waals surface area contributed by atoms with E-state index in [2.05, 4.69) is 10.5 Å². The molecule has 1 unspecified atom stereocenters. The van der Waals surface area contributed by atoms with Crippen LogP contribution in [0.15, 0.2) is 71.3 Å². The summed E-state index contributed by atoms with van der Waals surface area (Å²) in [6.45, 7) is 5.53. The number of rotatable bonds is 8. The summed E-state index contributed by atoms with van der Waals surface area (Å²) in [5, 5.41) is 15.9. The molecule has 1 aromatic heterocycles. The molecule has 2 N–H and O–H groups in total. The van der Waals surface area contributed by atoms with Crippen LogP contribution in [-0.4, -0.2) is 29.4 Å². The fourth-order valence-electron chi connectivity index (χ4n) is 4.18. The fourth-order valence-corrected chi connectivity index (χ4v) is 4.18. The molecule has 0 spiro atoms. The summed E-state index contributed by atoms with van der Waals surface area (Å²) in [6, 6.07) is 20.5. The van der Waals surface area contributed by atoms with Crippen molar-refractivity contribution >= 4 is 17.7 Å². The van der Waals surface area contributed by atoms with Gasteiger partial charge in [0.25, 0.3) is 0 Å². The van der Waals surface area contributed by atoms with Crippen molar-refractivity contribution in [3.63, 3.8) is 0 Å². The number of nitrogens with one attached hydrogen (secondary N) is 1. The molecule has 0 aliphatic carbocycles. The Labute approximate surface area is 214 Å². The SMILES string of the molecule is COc1ccc(CC(=O)O)cc1-c1ccc(-c2onc(C)c2NC(=O)OC(C)c2ccccc2C)cc1. The number of amides is 1. The second-order valence-corrected chi connectivity index (χ2v) is 8.68. The van der Waals surface area contributed by atoms with Crippen LogP contribution < -0.4 is 10.1 Å². The third-order valence-corrected chi connectivity index (χ3v) is 6.08. The minimum atomic E-state index is -0.904. The summed E-state index contributed by atoms with van der Waals surface area (Å²) < 4.78 is 16.6. The molecule has 1 atom stereocenters. The molecule has 0 fully saturated rings. The highest BCUT2D eigenvalue weighted by Crippen LogP contribution is 2.35. The molecule has 4 rings (SSSR count). The highest BCUT2D eigenvalue weighted by Gasteiger charge is 2.21. The predicted octanol–water partition coefficient (Wildman–Crippen LogP) is 6.57. The molecular formula is C29H28N2O6. The monoisotopic (exact) mass is 500 g/mol. The Hall–Kier alpha value is -4.59. The van der Waals surface area contributed by atoms with Crippen LogP contribution in [0.4, 0.5) is 10.5 Å². The van der Waals surface area contributed by atoms with Crippen LogP contribution in [-0.2, 0) is 16.0 Å². The maximum absolute atomic E-state index is 12.7. The first-order valence-corrected chi connectivity index (χ1v) is 11.8. The minimum Gasteiger partial charge on any atom is -0.496 e. The number of hydrogen-bond acceptors (Lipinski definition) is 6. The van der Waals surface area contributed by atoms with Crippen LogP contribution in [0.25, 0.3) is 22.5 Å². The smallest absolute Gasteiger partial charge is 0.412 e. The fraction of sp³-hybridized carbons (Fsp3) is 0.207. The second kappa shape index (κ2) is 11.0. The molecule has 3 aromatic carbocycles. The average molecular weight is 501 g/mol. The first kappa shape index (κ1) is 25.5. The van der Waals surface area contributed by atoms with Gasteiger partial charge in [0.2, 0.25) is 0 Å². The lowest BCUT2D eigenvalue weighted by atomic mass is 9.99. The number of aromatic nitrogens is 1. The van der Waals surface area contributed by atoms with Gasteiger partial charge in [0.05, 0.1) is 13.5 Å². The van der Waals surface area contributed by atoms with Crippen molar-refractivity contribution < 1.29 is 28.7 Å². The quantitative estimate of drug-likeness (QED) is 0.281. The summed E-state index contributed by atoms with van der Waals surface area (Å²) >= 11 is 0. The highest BCUT2D eigenvalue weighted by atomic mass is 16.6. The normalized spacial score (nSPS) is 11.6. The molecule has 0 saturated carbocycles. The Kier molecular flexibility index (Phi) is 7.57. The van der Waals surface area contributed by atoms with Crippen LogP contribution >= 0.6 is 0 Å². The number of hydrogen-bond donors (Lipinski definition) is 2. The summed E-state index contributed by atoms with van der Waals surface area (Å²) in [4.78, 5) is 23.8. The number of carboxylic acid groups (broad SMARTS) is 1. The molecular weight excluding hydrogens is 472 g/mol. The third-order valence-electron chi connectivity index (χ3n) is 6.08. The highest BCUT2D eigenvalue weighted by molar-refractivity contribution is 5.91. The number of ether oxygens (including phenoxy) is 2. The van der Waals surface area contributed by atoms with E-state index in [4.69, 9.17) is 19.1 Å². The van der Waals surface area contributed by atoms with Crippen LogP contribution in [0.5, 0.6) is 5.75 Å². The van der Waals surface area contributed by atoms with Gasteiger partial charge < -0.3 is 19.1 Å². The number of carbonyl (C=O) groups is 2. The van der Waals surface area contributed by atoms with Crippen molar-refractivity contribution in [2.45, 2.75) is 33.3 Å². The van der Waals surface area contributed by atoms with Gasteiger partial charge in [-0.25, -0.2) is 4.79 Å². The zero-order valence-electron chi connectivity index (χ0n) is 21.1. The summed E-state index contributed by atoms with van der Waals surface area (Å²) in [6.07, 6.45) is -1.13. The van der Waals surface area contributed by atoms with E-state index < -0.39 is 18.2 Å². The molecule has 1 heterocycles. The molecule has 0 radical (unpaired) electrons. The first-order chi connectivity index (χ1) is 17.8. The van der Waals surface area contributed by atoms with Gasteiger partial charge in [-0.1, -0.05) is 59.8 Å². The Morgan fingerprint density at radius 2 is 1.73 bits per heavy atom. The summed E-state index contributed by atoms with van der Waals surface area (Å²) in [5.74, 6) is 0.125. The van der Waals surface area contributed by atoms with Crippen molar-refractivity contribution in [3.05, 3.63) is 89.1 Å². The van der Waals surface area contributed by atoms with E-state index in [0.717, 1.165) is 22.3 Å². The molecule has 0 bridgehead atoms. The topological polar surface area (TPSA) is 111 Å². The largest absolute Gasteiger partial charge is 0.496 e. The maximum atomic E-state index is 12.7. The molecule has 0 saturated heterocycles. The molecule has 0 aliphatic heterocycles. The molecule has 8 nitrogen and oxygen atoms in total. The molecule has 0 aliphatic rings. The standard InChI is InChI=1S/C29H28N2O6/c1-17-7-5-6-8-23(17)19(3)36-29(34)30-27-18(2)31-37-28(27)22-12-10-21(11-13-22)24-15-20(16-26(32)33)9-14-25(24)35-4/h5-15,19H,16H2,1-4H3,(H,30,34)(H,32,33). The van der Waals surface area contributed by atoms with E-state index in [9.17, 15) is 9.59 Å². The van der Waals surface area contributed by atoms with Gasteiger partial charge in [-0.15, -0.1) is 0 Å². The lowest BCUT2D eigenvalue weighted by Crippen LogP contribution is -2.17. The number of carbonyl (C=O) groups excluding carboxylic acids is 1. The van der Waals surface area contributed by atoms with Gasteiger partial charge in [0, 0.05) is 11.1 Å². The van der Waals surface area contributed by atoms with Gasteiger partial charge in [-0.3, -0.25) is 10.1 Å². The second-order valence-electron chi connectivity index (χ2n) is 8.68. The van der Waals surface area contributed by atoms with Crippen LogP contribution in [0.1, 0.15) is 35.4 Å². The van der Waals surface area contributed by atoms with Gasteiger partial charge >= 0.3 is 12.1 Å². The molecule has 1 amide bonds. The van der Waals surface area contributed by atoms with E-state index in [1.54, 1.807) is 32.2 Å². The van der Waals surface area contributed by atoms with E-state index in [1.165, 1.54) is 0 Å². The Balaban J connectivity index is 1.55. The van der Waals surface area contributed by atoms with E-state index >= 15 is 0 Å². The number of nitrogens with zero attached hydrogens (tertiary/aromatic N) is 1. The van der Waals surface area contributed by atoms with E-state index in [0.29, 0.717) is 34.0 Å². The summed E-state index contributed by atoms with van der Waals surface area (Å²) in [7, 11) is 1.57. The average Bonchev–Trinajstić information content (AvgIpc) is 3.23. The van der Waals surface area contributed by atoms with Crippen LogP contribution in [0.3, 0.4) is 0 Å². The number of anilines is 1. The third kappa shape index (κ3) is 5.81. The molecule has 4 aromatic rings.